The quantitative estimate of drug-likeness (QED) is 0.402. The van der Waals surface area contributed by atoms with Crippen molar-refractivity contribution in [2.24, 2.45) is 0 Å². The summed E-state index contributed by atoms with van der Waals surface area (Å²) in [4.78, 5) is 38.4. The molecule has 3 N–H and O–H groups in total. The van der Waals surface area contributed by atoms with E-state index in [1.54, 1.807) is 32.2 Å². The fourth-order valence-electron chi connectivity index (χ4n) is 2.86. The highest BCUT2D eigenvalue weighted by atomic mass is 16.5. The average Bonchev–Trinajstić information content (AvgIpc) is 2.99. The highest BCUT2D eigenvalue weighted by molar-refractivity contribution is 6.09. The van der Waals surface area contributed by atoms with E-state index in [4.69, 9.17) is 14.6 Å². The maximum atomic E-state index is 12.6. The molecule has 9 nitrogen and oxygen atoms in total. The van der Waals surface area contributed by atoms with Crippen molar-refractivity contribution < 1.29 is 29.0 Å². The molecule has 0 fully saturated rings. The van der Waals surface area contributed by atoms with E-state index in [2.05, 4.69) is 10.6 Å². The van der Waals surface area contributed by atoms with Crippen LogP contribution in [0.2, 0.25) is 0 Å². The normalized spacial score (nSPS) is 13.7. The van der Waals surface area contributed by atoms with Gasteiger partial charge in [0.25, 0.3) is 11.8 Å². The van der Waals surface area contributed by atoms with E-state index in [0.29, 0.717) is 30.0 Å². The molecule has 1 aromatic carbocycles. The Hall–Kier alpha value is -2.91. The molecule has 2 rings (SSSR count). The van der Waals surface area contributed by atoms with Gasteiger partial charge in [-0.15, -0.1) is 0 Å². The number of anilines is 1. The van der Waals surface area contributed by atoms with Crippen LogP contribution in [0.25, 0.3) is 0 Å². The molecular formula is C19H25N3O6. The van der Waals surface area contributed by atoms with Gasteiger partial charge in [0.05, 0.1) is 32.4 Å². The topological polar surface area (TPSA) is 117 Å². The Labute approximate surface area is 163 Å². The smallest absolute Gasteiger partial charge is 0.337 e. The Morgan fingerprint density at radius 3 is 2.68 bits per heavy atom. The second-order valence-corrected chi connectivity index (χ2v) is 6.15. The summed E-state index contributed by atoms with van der Waals surface area (Å²) in [5, 5.41) is 14.9. The summed E-state index contributed by atoms with van der Waals surface area (Å²) in [6.07, 6.45) is 0. The third-order valence-electron chi connectivity index (χ3n) is 4.38. The van der Waals surface area contributed by atoms with Crippen LogP contribution in [-0.2, 0) is 19.1 Å². The SMILES string of the molecule is COCCNC(=O)c1cccc(NC2=C(C(=O)OC)CN(CCO)C2=O)c1C. The third-order valence-corrected chi connectivity index (χ3v) is 4.38. The lowest BCUT2D eigenvalue weighted by atomic mass is 10.1. The van der Waals surface area contributed by atoms with Gasteiger partial charge in [-0.05, 0) is 24.6 Å². The molecule has 1 heterocycles. The van der Waals surface area contributed by atoms with Crippen LogP contribution in [0.1, 0.15) is 15.9 Å². The van der Waals surface area contributed by atoms with Crippen molar-refractivity contribution >= 4 is 23.5 Å². The molecule has 9 heteroatoms. The number of hydrogen-bond donors (Lipinski definition) is 3. The Bertz CT molecular complexity index is 790. The lowest BCUT2D eigenvalue weighted by molar-refractivity contribution is -0.136. The predicted molar refractivity (Wildman–Crippen MR) is 102 cm³/mol. The molecular weight excluding hydrogens is 366 g/mol. The van der Waals surface area contributed by atoms with E-state index in [9.17, 15) is 14.4 Å². The highest BCUT2D eigenvalue weighted by Gasteiger charge is 2.34. The van der Waals surface area contributed by atoms with Crippen LogP contribution in [-0.4, -0.2) is 74.9 Å². The van der Waals surface area contributed by atoms with Gasteiger partial charge in [0.2, 0.25) is 0 Å². The van der Waals surface area contributed by atoms with Gasteiger partial charge in [0.15, 0.2) is 0 Å². The molecule has 0 unspecified atom stereocenters. The van der Waals surface area contributed by atoms with Gasteiger partial charge in [0.1, 0.15) is 5.70 Å². The van der Waals surface area contributed by atoms with Crippen LogP contribution in [0.15, 0.2) is 29.5 Å². The Balaban J connectivity index is 2.30. The molecule has 1 aromatic rings. The van der Waals surface area contributed by atoms with Crippen LogP contribution in [0.5, 0.6) is 0 Å². The van der Waals surface area contributed by atoms with Crippen molar-refractivity contribution in [2.45, 2.75) is 6.92 Å². The number of aliphatic hydroxyl groups is 1. The minimum absolute atomic E-state index is 0.0463. The molecule has 0 aliphatic carbocycles. The number of nitrogens with zero attached hydrogens (tertiary/aromatic N) is 1. The zero-order valence-electron chi connectivity index (χ0n) is 16.2. The van der Waals surface area contributed by atoms with Crippen molar-refractivity contribution in [1.82, 2.24) is 10.2 Å². The minimum atomic E-state index is -0.623. The van der Waals surface area contributed by atoms with Crippen LogP contribution in [0.4, 0.5) is 5.69 Å². The maximum absolute atomic E-state index is 12.6. The first kappa shape index (κ1) is 21.4. The Kier molecular flexibility index (Phi) is 7.53. The Morgan fingerprint density at radius 1 is 1.29 bits per heavy atom. The molecule has 1 aliphatic rings. The summed E-state index contributed by atoms with van der Waals surface area (Å²) in [5.74, 6) is -1.30. The lowest BCUT2D eigenvalue weighted by Crippen LogP contribution is -2.31. The first-order chi connectivity index (χ1) is 13.4. The minimum Gasteiger partial charge on any atom is -0.466 e. The first-order valence-corrected chi connectivity index (χ1v) is 8.80. The molecule has 152 valence electrons. The number of amides is 2. The summed E-state index contributed by atoms with van der Waals surface area (Å²) in [6.45, 7) is 2.45. The number of esters is 1. The standard InChI is InChI=1S/C19H25N3O6/c1-12-13(17(24)20-7-10-27-2)5-4-6-15(12)21-16-14(19(26)28-3)11-22(8-9-23)18(16)25/h4-6,21,23H,7-11H2,1-3H3,(H,20,24). The van der Waals surface area contributed by atoms with Crippen LogP contribution >= 0.6 is 0 Å². The van der Waals surface area contributed by atoms with E-state index >= 15 is 0 Å². The summed E-state index contributed by atoms with van der Waals surface area (Å²) >= 11 is 0. The molecule has 0 saturated carbocycles. The number of carbonyl (C=O) groups is 3. The van der Waals surface area contributed by atoms with Crippen molar-refractivity contribution in [3.8, 4) is 0 Å². The molecule has 0 bridgehead atoms. The van der Waals surface area contributed by atoms with Gasteiger partial charge < -0.3 is 30.1 Å². The number of benzene rings is 1. The van der Waals surface area contributed by atoms with E-state index in [1.165, 1.54) is 12.0 Å². The number of methoxy groups -OCH3 is 2. The molecule has 2 amide bonds. The molecule has 28 heavy (non-hydrogen) atoms. The molecule has 0 atom stereocenters. The maximum Gasteiger partial charge on any atom is 0.337 e. The number of nitrogens with one attached hydrogen (secondary N) is 2. The summed E-state index contributed by atoms with van der Waals surface area (Å²) < 4.78 is 9.69. The number of rotatable bonds is 9. The molecule has 0 radical (unpaired) electrons. The fourth-order valence-corrected chi connectivity index (χ4v) is 2.86. The van der Waals surface area contributed by atoms with Gasteiger partial charge in [-0.25, -0.2) is 4.79 Å². The van der Waals surface area contributed by atoms with E-state index in [-0.39, 0.29) is 36.9 Å². The fraction of sp³-hybridized carbons (Fsp3) is 0.421. The van der Waals surface area contributed by atoms with Crippen LogP contribution in [0.3, 0.4) is 0 Å². The lowest BCUT2D eigenvalue weighted by Gasteiger charge is -2.16. The Morgan fingerprint density at radius 2 is 2.04 bits per heavy atom. The number of β-amino-alcohol motifs (C(OH)–C–C–N with tert-alkyl or cyclic N) is 1. The molecule has 1 aliphatic heterocycles. The van der Waals surface area contributed by atoms with Gasteiger partial charge in [-0.2, -0.15) is 0 Å². The monoisotopic (exact) mass is 391 g/mol. The van der Waals surface area contributed by atoms with Gasteiger partial charge >= 0.3 is 5.97 Å². The molecule has 0 spiro atoms. The summed E-state index contributed by atoms with van der Waals surface area (Å²) in [7, 11) is 2.79. The van der Waals surface area contributed by atoms with Gasteiger partial charge in [-0.3, -0.25) is 9.59 Å². The average molecular weight is 391 g/mol. The zero-order chi connectivity index (χ0) is 20.7. The van der Waals surface area contributed by atoms with Crippen molar-refractivity contribution in [3.63, 3.8) is 0 Å². The summed E-state index contributed by atoms with van der Waals surface area (Å²) in [5.41, 5.74) is 1.85. The number of carbonyl (C=O) groups excluding carboxylic acids is 3. The second kappa shape index (κ2) is 9.86. The van der Waals surface area contributed by atoms with Crippen molar-refractivity contribution in [1.29, 1.82) is 0 Å². The first-order valence-electron chi connectivity index (χ1n) is 8.80. The summed E-state index contributed by atoms with van der Waals surface area (Å²) in [6, 6.07) is 5.07. The van der Waals surface area contributed by atoms with Gasteiger partial charge in [0, 0.05) is 31.5 Å². The second-order valence-electron chi connectivity index (χ2n) is 6.15. The van der Waals surface area contributed by atoms with Crippen LogP contribution in [0, 0.1) is 6.92 Å². The number of aliphatic hydroxyl groups excluding tert-OH is 1. The zero-order valence-corrected chi connectivity index (χ0v) is 16.2. The van der Waals surface area contributed by atoms with Crippen molar-refractivity contribution in [2.75, 3.05) is 52.4 Å². The third kappa shape index (κ3) is 4.68. The van der Waals surface area contributed by atoms with Crippen molar-refractivity contribution in [3.05, 3.63) is 40.6 Å². The number of ether oxygens (including phenoxy) is 2. The largest absolute Gasteiger partial charge is 0.466 e. The van der Waals surface area contributed by atoms with Gasteiger partial charge in [-0.1, -0.05) is 6.07 Å². The van der Waals surface area contributed by atoms with Crippen LogP contribution < -0.4 is 10.6 Å². The highest BCUT2D eigenvalue weighted by Crippen LogP contribution is 2.26. The molecule has 0 aromatic heterocycles. The predicted octanol–water partition coefficient (Wildman–Crippen LogP) is 0.0447. The molecule has 0 saturated heterocycles. The van der Waals surface area contributed by atoms with E-state index in [1.807, 2.05) is 0 Å². The van der Waals surface area contributed by atoms with E-state index in [0.717, 1.165) is 0 Å². The van der Waals surface area contributed by atoms with E-state index < -0.39 is 11.9 Å². The number of hydrogen-bond acceptors (Lipinski definition) is 7.